The van der Waals surface area contributed by atoms with Gasteiger partial charge in [0.15, 0.2) is 0 Å². The van der Waals surface area contributed by atoms with Crippen LogP contribution in [-0.4, -0.2) is 28.3 Å². The Bertz CT molecular complexity index is 220. The maximum atomic E-state index is 4.06. The van der Waals surface area contributed by atoms with Crippen molar-refractivity contribution in [1.82, 2.24) is 20.5 Å². The second-order valence-electron chi connectivity index (χ2n) is 3.78. The number of rotatable bonds is 7. The van der Waals surface area contributed by atoms with Gasteiger partial charge < -0.3 is 5.32 Å². The molecule has 1 unspecified atom stereocenters. The summed E-state index contributed by atoms with van der Waals surface area (Å²) in [7, 11) is 0. The Morgan fingerprint density at radius 1 is 1.57 bits per heavy atom. The van der Waals surface area contributed by atoms with Crippen molar-refractivity contribution in [2.75, 3.05) is 13.1 Å². The average molecular weight is 196 g/mol. The van der Waals surface area contributed by atoms with Gasteiger partial charge >= 0.3 is 0 Å². The summed E-state index contributed by atoms with van der Waals surface area (Å²) in [5.74, 6) is 1.73. The summed E-state index contributed by atoms with van der Waals surface area (Å²) in [6, 6.07) is 0. The first-order valence-corrected chi connectivity index (χ1v) is 5.38. The van der Waals surface area contributed by atoms with Crippen molar-refractivity contribution in [2.45, 2.75) is 33.1 Å². The molecule has 80 valence electrons. The average Bonchev–Trinajstić information content (AvgIpc) is 2.65. The molecule has 4 nitrogen and oxygen atoms in total. The first kappa shape index (κ1) is 11.2. The summed E-state index contributed by atoms with van der Waals surface area (Å²) in [5, 5.41) is 10.1. The van der Waals surface area contributed by atoms with Gasteiger partial charge in [0.2, 0.25) is 0 Å². The fourth-order valence-corrected chi connectivity index (χ4v) is 1.50. The van der Waals surface area contributed by atoms with Crippen molar-refractivity contribution in [2.24, 2.45) is 5.92 Å². The summed E-state index contributed by atoms with van der Waals surface area (Å²) < 4.78 is 0. The van der Waals surface area contributed by atoms with Gasteiger partial charge in [0.05, 0.1) is 0 Å². The first-order chi connectivity index (χ1) is 6.83. The van der Waals surface area contributed by atoms with Gasteiger partial charge in [-0.1, -0.05) is 20.3 Å². The highest BCUT2D eigenvalue weighted by atomic mass is 15.2. The molecule has 0 spiro atoms. The minimum atomic E-state index is 0.773. The first-order valence-electron chi connectivity index (χ1n) is 5.38. The van der Waals surface area contributed by atoms with E-state index in [9.17, 15) is 0 Å². The van der Waals surface area contributed by atoms with Crippen LogP contribution in [0.4, 0.5) is 0 Å². The highest BCUT2D eigenvalue weighted by Gasteiger charge is 2.00. The van der Waals surface area contributed by atoms with E-state index in [2.05, 4.69) is 34.3 Å². The molecular weight excluding hydrogens is 176 g/mol. The third-order valence-electron chi connectivity index (χ3n) is 2.28. The van der Waals surface area contributed by atoms with Crippen molar-refractivity contribution in [3.8, 4) is 0 Å². The van der Waals surface area contributed by atoms with Crippen LogP contribution in [0.3, 0.4) is 0 Å². The molecular formula is C10H20N4. The third kappa shape index (κ3) is 4.37. The molecule has 0 aromatic carbocycles. The van der Waals surface area contributed by atoms with E-state index in [1.807, 2.05) is 0 Å². The molecule has 1 aromatic heterocycles. The van der Waals surface area contributed by atoms with Crippen molar-refractivity contribution in [3.63, 3.8) is 0 Å². The molecule has 1 atom stereocenters. The Balaban J connectivity index is 1.99. The van der Waals surface area contributed by atoms with Crippen LogP contribution in [0.1, 0.15) is 32.5 Å². The summed E-state index contributed by atoms with van der Waals surface area (Å²) >= 11 is 0. The monoisotopic (exact) mass is 196 g/mol. The summed E-state index contributed by atoms with van der Waals surface area (Å²) in [6.45, 7) is 6.58. The zero-order chi connectivity index (χ0) is 10.2. The molecule has 0 saturated heterocycles. The van der Waals surface area contributed by atoms with Crippen molar-refractivity contribution < 1.29 is 0 Å². The predicted octanol–water partition coefficient (Wildman–Crippen LogP) is 1.37. The van der Waals surface area contributed by atoms with Crippen molar-refractivity contribution in [3.05, 3.63) is 12.2 Å². The van der Waals surface area contributed by atoms with Crippen LogP contribution in [0.15, 0.2) is 6.33 Å². The number of hydrogen-bond acceptors (Lipinski definition) is 3. The second kappa shape index (κ2) is 6.54. The van der Waals surface area contributed by atoms with Gasteiger partial charge in [-0.3, -0.25) is 5.10 Å². The van der Waals surface area contributed by atoms with Gasteiger partial charge in [-0.15, -0.1) is 0 Å². The summed E-state index contributed by atoms with van der Waals surface area (Å²) in [5.41, 5.74) is 0. The largest absolute Gasteiger partial charge is 0.316 e. The van der Waals surface area contributed by atoms with Crippen LogP contribution in [0, 0.1) is 5.92 Å². The molecule has 0 aliphatic rings. The molecule has 4 heteroatoms. The van der Waals surface area contributed by atoms with E-state index in [4.69, 9.17) is 0 Å². The molecule has 2 N–H and O–H groups in total. The summed E-state index contributed by atoms with van der Waals surface area (Å²) in [4.78, 5) is 4.06. The Hall–Kier alpha value is -0.900. The Labute approximate surface area is 85.5 Å². The lowest BCUT2D eigenvalue weighted by Gasteiger charge is -2.10. The smallest absolute Gasteiger partial charge is 0.137 e. The fourth-order valence-electron chi connectivity index (χ4n) is 1.50. The van der Waals surface area contributed by atoms with E-state index in [-0.39, 0.29) is 0 Å². The number of hydrogen-bond donors (Lipinski definition) is 2. The Kier molecular flexibility index (Phi) is 5.22. The highest BCUT2D eigenvalue weighted by molar-refractivity contribution is 4.80. The van der Waals surface area contributed by atoms with E-state index < -0.39 is 0 Å². The SMILES string of the molecule is CCCC(C)CNCCc1ncn[nH]1. The van der Waals surface area contributed by atoms with Gasteiger partial charge in [0, 0.05) is 13.0 Å². The molecule has 1 rings (SSSR count). The molecule has 0 radical (unpaired) electrons. The minimum absolute atomic E-state index is 0.773. The molecule has 0 fully saturated rings. The normalized spacial score (nSPS) is 13.0. The van der Waals surface area contributed by atoms with E-state index in [0.717, 1.165) is 31.3 Å². The zero-order valence-electron chi connectivity index (χ0n) is 9.08. The molecule has 0 aliphatic carbocycles. The molecule has 0 saturated carbocycles. The second-order valence-corrected chi connectivity index (χ2v) is 3.78. The van der Waals surface area contributed by atoms with E-state index in [0.29, 0.717) is 0 Å². The number of H-pyrrole nitrogens is 1. The van der Waals surface area contributed by atoms with Crippen molar-refractivity contribution >= 4 is 0 Å². The third-order valence-corrected chi connectivity index (χ3v) is 2.28. The van der Waals surface area contributed by atoms with Crippen molar-refractivity contribution in [1.29, 1.82) is 0 Å². The topological polar surface area (TPSA) is 53.6 Å². The van der Waals surface area contributed by atoms with Gasteiger partial charge in [-0.05, 0) is 18.9 Å². The maximum Gasteiger partial charge on any atom is 0.137 e. The summed E-state index contributed by atoms with van der Waals surface area (Å²) in [6.07, 6.45) is 5.05. The van der Waals surface area contributed by atoms with Crippen LogP contribution in [0.2, 0.25) is 0 Å². The number of nitrogens with one attached hydrogen (secondary N) is 2. The molecule has 1 aromatic rings. The maximum absolute atomic E-state index is 4.06. The van der Waals surface area contributed by atoms with Crippen LogP contribution >= 0.6 is 0 Å². The van der Waals surface area contributed by atoms with E-state index in [1.165, 1.54) is 12.8 Å². The number of aromatic nitrogens is 3. The molecule has 0 aliphatic heterocycles. The Morgan fingerprint density at radius 3 is 3.07 bits per heavy atom. The zero-order valence-corrected chi connectivity index (χ0v) is 9.08. The lowest BCUT2D eigenvalue weighted by atomic mass is 10.1. The van der Waals surface area contributed by atoms with Gasteiger partial charge in [0.1, 0.15) is 12.2 Å². The van der Waals surface area contributed by atoms with E-state index >= 15 is 0 Å². The molecule has 14 heavy (non-hydrogen) atoms. The standard InChI is InChI=1S/C10H20N4/c1-3-4-9(2)7-11-6-5-10-12-8-13-14-10/h8-9,11H,3-7H2,1-2H3,(H,12,13,14). The van der Waals surface area contributed by atoms with Crippen LogP contribution in [-0.2, 0) is 6.42 Å². The van der Waals surface area contributed by atoms with Gasteiger partial charge in [-0.2, -0.15) is 5.10 Å². The number of aromatic amines is 1. The quantitative estimate of drug-likeness (QED) is 0.648. The predicted molar refractivity (Wildman–Crippen MR) is 57.0 cm³/mol. The van der Waals surface area contributed by atoms with Gasteiger partial charge in [-0.25, -0.2) is 4.98 Å². The van der Waals surface area contributed by atoms with Crippen LogP contribution in [0.5, 0.6) is 0 Å². The number of nitrogens with zero attached hydrogens (tertiary/aromatic N) is 2. The lowest BCUT2D eigenvalue weighted by Crippen LogP contribution is -2.23. The molecule has 0 bridgehead atoms. The highest BCUT2D eigenvalue weighted by Crippen LogP contribution is 2.02. The fraction of sp³-hybridized carbons (Fsp3) is 0.800. The minimum Gasteiger partial charge on any atom is -0.316 e. The molecule has 0 amide bonds. The Morgan fingerprint density at radius 2 is 2.43 bits per heavy atom. The van der Waals surface area contributed by atoms with Crippen LogP contribution in [0.25, 0.3) is 0 Å². The van der Waals surface area contributed by atoms with Gasteiger partial charge in [0.25, 0.3) is 0 Å². The van der Waals surface area contributed by atoms with E-state index in [1.54, 1.807) is 6.33 Å². The van der Waals surface area contributed by atoms with Crippen LogP contribution < -0.4 is 5.32 Å². The lowest BCUT2D eigenvalue weighted by molar-refractivity contribution is 0.476. The molecule has 1 heterocycles.